The predicted molar refractivity (Wildman–Crippen MR) is 92.6 cm³/mol. The third-order valence-corrected chi connectivity index (χ3v) is 4.66. The average Bonchev–Trinajstić information content (AvgIpc) is 2.63. The number of rotatable bonds is 8. The van der Waals surface area contributed by atoms with Gasteiger partial charge in [0.1, 0.15) is 0 Å². The molecule has 1 aromatic rings. The molecule has 2 unspecified atom stereocenters. The van der Waals surface area contributed by atoms with Gasteiger partial charge in [0.05, 0.1) is 18.4 Å². The van der Waals surface area contributed by atoms with Crippen LogP contribution in [0.1, 0.15) is 58.3 Å². The molecule has 0 radical (unpaired) electrons. The lowest BCUT2D eigenvalue weighted by Crippen LogP contribution is -2.36. The van der Waals surface area contributed by atoms with Crippen molar-refractivity contribution in [1.29, 1.82) is 0 Å². The first-order chi connectivity index (χ1) is 12.1. The maximum absolute atomic E-state index is 13.7. The molecule has 5 heteroatoms. The molecular formula is C20H27FO4. The van der Waals surface area contributed by atoms with Crippen molar-refractivity contribution in [2.75, 3.05) is 6.61 Å². The molecule has 0 aliphatic heterocycles. The third-order valence-electron chi connectivity index (χ3n) is 4.66. The molecule has 1 aliphatic carbocycles. The molecule has 0 aromatic heterocycles. The van der Waals surface area contributed by atoms with Gasteiger partial charge in [0.2, 0.25) is 0 Å². The number of hydrogen-bond donors (Lipinski definition) is 0. The topological polar surface area (TPSA) is 52.6 Å². The van der Waals surface area contributed by atoms with Crippen LogP contribution in [0.25, 0.3) is 0 Å². The zero-order valence-corrected chi connectivity index (χ0v) is 14.8. The van der Waals surface area contributed by atoms with E-state index in [4.69, 9.17) is 9.47 Å². The van der Waals surface area contributed by atoms with E-state index in [1.165, 1.54) is 18.2 Å². The second-order valence-corrected chi connectivity index (χ2v) is 6.58. The number of esters is 2. The Hall–Kier alpha value is -1.91. The van der Waals surface area contributed by atoms with Gasteiger partial charge < -0.3 is 9.47 Å². The Morgan fingerprint density at radius 2 is 1.72 bits per heavy atom. The average molecular weight is 350 g/mol. The summed E-state index contributed by atoms with van der Waals surface area (Å²) in [4.78, 5) is 24.8. The first-order valence-corrected chi connectivity index (χ1v) is 9.26. The van der Waals surface area contributed by atoms with Gasteiger partial charge in [-0.2, -0.15) is 0 Å². The van der Waals surface area contributed by atoms with Gasteiger partial charge in [-0.1, -0.05) is 51.2 Å². The van der Waals surface area contributed by atoms with Gasteiger partial charge in [-0.15, -0.1) is 0 Å². The zero-order valence-electron chi connectivity index (χ0n) is 14.8. The Kier molecular flexibility index (Phi) is 7.89. The first kappa shape index (κ1) is 19.4. The molecule has 4 nitrogen and oxygen atoms in total. The van der Waals surface area contributed by atoms with Gasteiger partial charge in [0.25, 0.3) is 0 Å². The number of unbranched alkanes of at least 4 members (excludes halogenated alkanes) is 3. The minimum absolute atomic E-state index is 0.0928. The second-order valence-electron chi connectivity index (χ2n) is 6.58. The maximum atomic E-state index is 13.7. The van der Waals surface area contributed by atoms with Crippen LogP contribution in [0.5, 0.6) is 5.75 Å². The lowest BCUT2D eigenvalue weighted by molar-refractivity contribution is -0.158. The van der Waals surface area contributed by atoms with E-state index in [1.807, 2.05) is 0 Å². The minimum Gasteiger partial charge on any atom is -0.465 e. The Bertz CT molecular complexity index is 573. The van der Waals surface area contributed by atoms with Crippen molar-refractivity contribution in [2.24, 2.45) is 11.8 Å². The number of hydrogen-bond acceptors (Lipinski definition) is 4. The SMILES string of the molecule is CCCCCCOC(=O)C1CCCCC1C(=O)Oc1ccccc1F. The molecular weight excluding hydrogens is 323 g/mol. The monoisotopic (exact) mass is 350 g/mol. The number of ether oxygens (including phenoxy) is 2. The molecule has 138 valence electrons. The molecule has 0 bridgehead atoms. The molecule has 1 aliphatic rings. The van der Waals surface area contributed by atoms with E-state index < -0.39 is 23.6 Å². The fourth-order valence-corrected chi connectivity index (χ4v) is 3.22. The van der Waals surface area contributed by atoms with E-state index in [9.17, 15) is 14.0 Å². The molecule has 0 spiro atoms. The van der Waals surface area contributed by atoms with Crippen molar-refractivity contribution >= 4 is 11.9 Å². The minimum atomic E-state index is -0.582. The summed E-state index contributed by atoms with van der Waals surface area (Å²) < 4.78 is 24.2. The predicted octanol–water partition coefficient (Wildman–Crippen LogP) is 4.66. The summed E-state index contributed by atoms with van der Waals surface area (Å²) in [7, 11) is 0. The summed E-state index contributed by atoms with van der Waals surface area (Å²) in [6.07, 6.45) is 7.06. The van der Waals surface area contributed by atoms with Crippen LogP contribution >= 0.6 is 0 Å². The molecule has 25 heavy (non-hydrogen) atoms. The molecule has 0 heterocycles. The Labute approximate surface area is 148 Å². The lowest BCUT2D eigenvalue weighted by Gasteiger charge is -2.28. The summed E-state index contributed by atoms with van der Waals surface area (Å²) in [5.74, 6) is -2.59. The van der Waals surface area contributed by atoms with Crippen LogP contribution in [-0.2, 0) is 14.3 Å². The molecule has 1 aromatic carbocycles. The lowest BCUT2D eigenvalue weighted by atomic mass is 9.79. The largest absolute Gasteiger partial charge is 0.465 e. The quantitative estimate of drug-likeness (QED) is 0.389. The van der Waals surface area contributed by atoms with Crippen molar-refractivity contribution in [2.45, 2.75) is 58.3 Å². The van der Waals surface area contributed by atoms with Crippen LogP contribution in [0.3, 0.4) is 0 Å². The van der Waals surface area contributed by atoms with E-state index in [1.54, 1.807) is 6.07 Å². The van der Waals surface area contributed by atoms with E-state index >= 15 is 0 Å². The standard InChI is InChI=1S/C20H27FO4/c1-2-3-4-9-14-24-19(22)15-10-5-6-11-16(15)20(23)25-18-13-8-7-12-17(18)21/h7-8,12-13,15-16H,2-6,9-11,14H2,1H3. The van der Waals surface area contributed by atoms with Crippen LogP contribution in [0.2, 0.25) is 0 Å². The first-order valence-electron chi connectivity index (χ1n) is 9.26. The van der Waals surface area contributed by atoms with Crippen LogP contribution in [-0.4, -0.2) is 18.5 Å². The van der Waals surface area contributed by atoms with E-state index in [-0.39, 0.29) is 11.7 Å². The van der Waals surface area contributed by atoms with Crippen molar-refractivity contribution in [3.8, 4) is 5.75 Å². The van der Waals surface area contributed by atoms with Gasteiger partial charge >= 0.3 is 11.9 Å². The van der Waals surface area contributed by atoms with Crippen molar-refractivity contribution < 1.29 is 23.5 Å². The molecule has 0 saturated heterocycles. The molecule has 2 rings (SSSR count). The number of carbonyl (C=O) groups is 2. The smallest absolute Gasteiger partial charge is 0.315 e. The Morgan fingerprint density at radius 3 is 2.40 bits per heavy atom. The molecule has 0 amide bonds. The zero-order chi connectivity index (χ0) is 18.1. The summed E-state index contributed by atoms with van der Waals surface area (Å²) in [6, 6.07) is 5.79. The van der Waals surface area contributed by atoms with Crippen LogP contribution in [0.4, 0.5) is 4.39 Å². The second kappa shape index (κ2) is 10.2. The fourth-order valence-electron chi connectivity index (χ4n) is 3.22. The van der Waals surface area contributed by atoms with Crippen molar-refractivity contribution in [1.82, 2.24) is 0 Å². The highest BCUT2D eigenvalue weighted by molar-refractivity contribution is 5.83. The van der Waals surface area contributed by atoms with Gasteiger partial charge in [-0.3, -0.25) is 9.59 Å². The van der Waals surface area contributed by atoms with Gasteiger partial charge in [-0.25, -0.2) is 4.39 Å². The van der Waals surface area contributed by atoms with Crippen LogP contribution < -0.4 is 4.74 Å². The molecule has 1 fully saturated rings. The number of benzene rings is 1. The molecule has 1 saturated carbocycles. The summed E-state index contributed by atoms with van der Waals surface area (Å²) in [6.45, 7) is 2.52. The van der Waals surface area contributed by atoms with Gasteiger partial charge in [0.15, 0.2) is 11.6 Å². The Balaban J connectivity index is 1.91. The molecule has 2 atom stereocenters. The van der Waals surface area contributed by atoms with Gasteiger partial charge in [-0.05, 0) is 31.4 Å². The van der Waals surface area contributed by atoms with E-state index in [2.05, 4.69) is 6.92 Å². The van der Waals surface area contributed by atoms with E-state index in [0.717, 1.165) is 38.5 Å². The third kappa shape index (κ3) is 5.83. The number of carbonyl (C=O) groups excluding carboxylic acids is 2. The highest BCUT2D eigenvalue weighted by atomic mass is 19.1. The van der Waals surface area contributed by atoms with E-state index in [0.29, 0.717) is 19.4 Å². The normalized spacial score (nSPS) is 20.1. The highest BCUT2D eigenvalue weighted by Crippen LogP contribution is 2.33. The van der Waals surface area contributed by atoms with Crippen LogP contribution in [0, 0.1) is 17.7 Å². The fraction of sp³-hybridized carbons (Fsp3) is 0.600. The Morgan fingerprint density at radius 1 is 1.04 bits per heavy atom. The molecule has 0 N–H and O–H groups in total. The van der Waals surface area contributed by atoms with Crippen molar-refractivity contribution in [3.05, 3.63) is 30.1 Å². The summed E-state index contributed by atoms with van der Waals surface area (Å²) in [5.41, 5.74) is 0. The summed E-state index contributed by atoms with van der Waals surface area (Å²) in [5, 5.41) is 0. The number of halogens is 1. The highest BCUT2D eigenvalue weighted by Gasteiger charge is 2.38. The number of para-hydroxylation sites is 1. The van der Waals surface area contributed by atoms with Crippen LogP contribution in [0.15, 0.2) is 24.3 Å². The van der Waals surface area contributed by atoms with Crippen molar-refractivity contribution in [3.63, 3.8) is 0 Å². The van der Waals surface area contributed by atoms with Gasteiger partial charge in [0, 0.05) is 0 Å². The maximum Gasteiger partial charge on any atom is 0.315 e. The summed E-state index contributed by atoms with van der Waals surface area (Å²) >= 11 is 0.